The summed E-state index contributed by atoms with van der Waals surface area (Å²) in [5, 5.41) is 26.3. The number of carbonyl (C=O) groups is 1. The fourth-order valence-corrected chi connectivity index (χ4v) is 0.901. The normalized spacial score (nSPS) is 9.85. The highest BCUT2D eigenvalue weighted by atomic mass is 16.4. The highest BCUT2D eigenvalue weighted by Crippen LogP contribution is 2.25. The number of carboxylic acids is 1. The molecule has 0 fully saturated rings. The highest BCUT2D eigenvalue weighted by molar-refractivity contribution is 5.77. The van der Waals surface area contributed by atoms with Crippen LogP contribution < -0.4 is 0 Å². The largest absolute Gasteiger partial charge is 0.504 e. The predicted molar refractivity (Wildman–Crippen MR) is 45.4 cm³/mol. The molecule has 0 amide bonds. The van der Waals surface area contributed by atoms with Crippen molar-refractivity contribution in [3.63, 3.8) is 0 Å². The molecule has 0 unspecified atom stereocenters. The van der Waals surface area contributed by atoms with Gasteiger partial charge in [0.05, 0.1) is 6.42 Å². The van der Waals surface area contributed by atoms with Crippen LogP contribution in [-0.2, 0) is 11.2 Å². The Bertz CT molecular complexity index is 319. The number of aliphatic carboxylic acids is 1. The fourth-order valence-electron chi connectivity index (χ4n) is 0.901. The molecule has 13 heavy (non-hydrogen) atoms. The first-order chi connectivity index (χ1) is 6.09. The average molecular weight is 181 g/mol. The van der Waals surface area contributed by atoms with E-state index in [1.165, 1.54) is 12.1 Å². The molecule has 0 aliphatic carbocycles. The first-order valence-electron chi connectivity index (χ1n) is 3.66. The van der Waals surface area contributed by atoms with Gasteiger partial charge in [-0.05, 0) is 24.1 Å². The SMILES string of the molecule is O=C(O)[CH]Cc1ccc(O)c(O)c1. The Morgan fingerprint density at radius 2 is 2.00 bits per heavy atom. The van der Waals surface area contributed by atoms with Gasteiger partial charge in [0.1, 0.15) is 0 Å². The fraction of sp³-hybridized carbons (Fsp3) is 0.111. The molecular weight excluding hydrogens is 172 g/mol. The van der Waals surface area contributed by atoms with Crippen LogP contribution in [0.4, 0.5) is 0 Å². The van der Waals surface area contributed by atoms with Gasteiger partial charge in [-0.2, -0.15) is 0 Å². The number of benzene rings is 1. The molecule has 0 aliphatic heterocycles. The summed E-state index contributed by atoms with van der Waals surface area (Å²) in [7, 11) is 0. The van der Waals surface area contributed by atoms with Crippen LogP contribution in [0.1, 0.15) is 5.56 Å². The number of rotatable bonds is 3. The number of phenols is 2. The second-order valence-electron chi connectivity index (χ2n) is 2.57. The Balaban J connectivity index is 2.68. The topological polar surface area (TPSA) is 77.8 Å². The zero-order valence-corrected chi connectivity index (χ0v) is 6.77. The lowest BCUT2D eigenvalue weighted by atomic mass is 10.1. The molecule has 0 aliphatic rings. The van der Waals surface area contributed by atoms with Crippen molar-refractivity contribution >= 4 is 5.97 Å². The van der Waals surface area contributed by atoms with E-state index in [4.69, 9.17) is 15.3 Å². The van der Waals surface area contributed by atoms with E-state index in [1.807, 2.05) is 0 Å². The Morgan fingerprint density at radius 3 is 2.54 bits per heavy atom. The minimum Gasteiger partial charge on any atom is -0.504 e. The van der Waals surface area contributed by atoms with Gasteiger partial charge in [-0.1, -0.05) is 6.07 Å². The maximum atomic E-state index is 10.2. The summed E-state index contributed by atoms with van der Waals surface area (Å²) in [6.07, 6.45) is 1.30. The first-order valence-corrected chi connectivity index (χ1v) is 3.66. The van der Waals surface area contributed by atoms with Gasteiger partial charge in [-0.15, -0.1) is 0 Å². The van der Waals surface area contributed by atoms with Crippen LogP contribution in [-0.4, -0.2) is 21.3 Å². The Kier molecular flexibility index (Phi) is 2.74. The highest BCUT2D eigenvalue weighted by Gasteiger charge is 2.03. The van der Waals surface area contributed by atoms with Crippen LogP contribution >= 0.6 is 0 Å². The smallest absolute Gasteiger partial charge is 0.307 e. The maximum Gasteiger partial charge on any atom is 0.307 e. The third kappa shape index (κ3) is 2.66. The van der Waals surface area contributed by atoms with Gasteiger partial charge in [0.2, 0.25) is 0 Å². The van der Waals surface area contributed by atoms with Crippen molar-refractivity contribution < 1.29 is 20.1 Å². The Hall–Kier alpha value is -1.71. The van der Waals surface area contributed by atoms with Crippen molar-refractivity contribution in [2.45, 2.75) is 6.42 Å². The van der Waals surface area contributed by atoms with Gasteiger partial charge in [0.25, 0.3) is 0 Å². The number of phenolic OH excluding ortho intramolecular Hbond substituents is 2. The molecule has 0 saturated heterocycles. The number of aromatic hydroxyl groups is 2. The van der Waals surface area contributed by atoms with Crippen LogP contribution in [0.5, 0.6) is 11.5 Å². The summed E-state index contributed by atoms with van der Waals surface area (Å²) in [5.74, 6) is -1.46. The summed E-state index contributed by atoms with van der Waals surface area (Å²) in [4.78, 5) is 10.2. The van der Waals surface area contributed by atoms with Crippen molar-refractivity contribution in [2.75, 3.05) is 0 Å². The molecule has 3 N–H and O–H groups in total. The standard InChI is InChI=1S/C9H9O4/c10-7-3-1-6(5-8(7)11)2-4-9(12)13/h1,3-5,10-11H,2H2,(H,12,13). The van der Waals surface area contributed by atoms with Crippen molar-refractivity contribution in [2.24, 2.45) is 0 Å². The Labute approximate surface area is 75.1 Å². The lowest BCUT2D eigenvalue weighted by molar-refractivity contribution is -0.133. The molecule has 0 saturated carbocycles. The maximum absolute atomic E-state index is 10.2. The molecule has 1 aromatic carbocycles. The third-order valence-electron chi connectivity index (χ3n) is 1.55. The number of hydrogen-bond donors (Lipinski definition) is 3. The van der Waals surface area contributed by atoms with Crippen LogP contribution in [0.15, 0.2) is 18.2 Å². The van der Waals surface area contributed by atoms with E-state index < -0.39 is 5.97 Å². The molecule has 0 heterocycles. The molecule has 1 aromatic rings. The Morgan fingerprint density at radius 1 is 1.31 bits per heavy atom. The number of hydrogen-bond acceptors (Lipinski definition) is 3. The summed E-state index contributed by atoms with van der Waals surface area (Å²) >= 11 is 0. The van der Waals surface area contributed by atoms with Gasteiger partial charge in [0, 0.05) is 0 Å². The van der Waals surface area contributed by atoms with Crippen molar-refractivity contribution in [1.82, 2.24) is 0 Å². The molecule has 1 radical (unpaired) electrons. The molecule has 69 valence electrons. The molecule has 0 bridgehead atoms. The molecule has 0 atom stereocenters. The van der Waals surface area contributed by atoms with E-state index in [9.17, 15) is 4.79 Å². The molecule has 4 nitrogen and oxygen atoms in total. The van der Waals surface area contributed by atoms with Crippen molar-refractivity contribution in [3.05, 3.63) is 30.2 Å². The molecule has 1 rings (SSSR count). The predicted octanol–water partition coefficient (Wildman–Crippen LogP) is 0.929. The van der Waals surface area contributed by atoms with E-state index in [0.717, 1.165) is 6.42 Å². The summed E-state index contributed by atoms with van der Waals surface area (Å²) in [6, 6.07) is 4.20. The monoisotopic (exact) mass is 181 g/mol. The lowest BCUT2D eigenvalue weighted by Gasteiger charge is -2.00. The van der Waals surface area contributed by atoms with Gasteiger partial charge < -0.3 is 15.3 Å². The first kappa shape index (κ1) is 9.38. The van der Waals surface area contributed by atoms with E-state index in [-0.39, 0.29) is 17.9 Å². The average Bonchev–Trinajstić information content (AvgIpc) is 2.07. The van der Waals surface area contributed by atoms with Gasteiger partial charge >= 0.3 is 5.97 Å². The van der Waals surface area contributed by atoms with E-state index >= 15 is 0 Å². The van der Waals surface area contributed by atoms with Crippen LogP contribution in [0.3, 0.4) is 0 Å². The van der Waals surface area contributed by atoms with Crippen LogP contribution in [0.25, 0.3) is 0 Å². The summed E-state index contributed by atoms with van der Waals surface area (Å²) in [6.45, 7) is 0. The zero-order valence-electron chi connectivity index (χ0n) is 6.77. The van der Waals surface area contributed by atoms with Crippen molar-refractivity contribution in [3.8, 4) is 11.5 Å². The molecule has 0 spiro atoms. The van der Waals surface area contributed by atoms with Gasteiger partial charge in [-0.3, -0.25) is 4.79 Å². The minimum absolute atomic E-state index is 0.209. The van der Waals surface area contributed by atoms with Gasteiger partial charge in [0.15, 0.2) is 11.5 Å². The van der Waals surface area contributed by atoms with Crippen LogP contribution in [0, 0.1) is 6.42 Å². The van der Waals surface area contributed by atoms with Crippen LogP contribution in [0.2, 0.25) is 0 Å². The molecular formula is C9H9O4. The zero-order chi connectivity index (χ0) is 9.84. The molecule has 4 heteroatoms. The number of carboxylic acid groups (broad SMARTS) is 1. The van der Waals surface area contributed by atoms with Crippen molar-refractivity contribution in [1.29, 1.82) is 0 Å². The summed E-state index contributed by atoms with van der Waals surface area (Å²) in [5.41, 5.74) is 0.637. The van der Waals surface area contributed by atoms with Gasteiger partial charge in [-0.25, -0.2) is 0 Å². The lowest BCUT2D eigenvalue weighted by Crippen LogP contribution is -1.98. The second-order valence-corrected chi connectivity index (χ2v) is 2.57. The minimum atomic E-state index is -1.01. The van der Waals surface area contributed by atoms with E-state index in [2.05, 4.69) is 0 Å². The second kappa shape index (κ2) is 3.80. The quantitative estimate of drug-likeness (QED) is 0.606. The summed E-state index contributed by atoms with van der Waals surface area (Å²) < 4.78 is 0. The molecule has 0 aromatic heterocycles. The third-order valence-corrected chi connectivity index (χ3v) is 1.55. The van der Waals surface area contributed by atoms with E-state index in [0.29, 0.717) is 5.56 Å². The van der Waals surface area contributed by atoms with E-state index in [1.54, 1.807) is 6.07 Å².